The molecule has 2 heterocycles. The van der Waals surface area contributed by atoms with Gasteiger partial charge in [0.15, 0.2) is 0 Å². The zero-order chi connectivity index (χ0) is 21.4. The second kappa shape index (κ2) is 7.89. The molecular weight excluding hydrogens is 390 g/mol. The van der Waals surface area contributed by atoms with Crippen LogP contribution < -0.4 is 10.6 Å². The molecule has 3 aromatic carbocycles. The molecule has 6 nitrogen and oxygen atoms in total. The molecule has 0 aliphatic carbocycles. The largest absolute Gasteiger partial charge is 0.378 e. The van der Waals surface area contributed by atoms with E-state index in [4.69, 9.17) is 4.74 Å². The molecule has 156 valence electrons. The average Bonchev–Trinajstić information content (AvgIpc) is 2.94. The minimum absolute atomic E-state index is 0.00476. The number of hydrogen-bond donors (Lipinski definition) is 2. The van der Waals surface area contributed by atoms with Crippen LogP contribution in [-0.4, -0.2) is 43.0 Å². The van der Waals surface area contributed by atoms with Crippen molar-refractivity contribution in [2.45, 2.75) is 6.92 Å². The minimum atomic E-state index is -0.158. The highest BCUT2D eigenvalue weighted by Crippen LogP contribution is 2.34. The van der Waals surface area contributed by atoms with E-state index in [1.54, 1.807) is 0 Å². The number of anilines is 3. The fourth-order valence-corrected chi connectivity index (χ4v) is 4.01. The van der Waals surface area contributed by atoms with E-state index >= 15 is 0 Å². The van der Waals surface area contributed by atoms with Gasteiger partial charge in [0.2, 0.25) is 0 Å². The second-order valence-corrected chi connectivity index (χ2v) is 7.87. The molecule has 1 saturated heterocycles. The number of benzene rings is 3. The third kappa shape index (κ3) is 3.78. The first-order chi connectivity index (χ1) is 15.1. The zero-order valence-corrected chi connectivity index (χ0v) is 17.3. The summed E-state index contributed by atoms with van der Waals surface area (Å²) in [5, 5.41) is 6.35. The van der Waals surface area contributed by atoms with E-state index in [9.17, 15) is 9.59 Å². The van der Waals surface area contributed by atoms with Gasteiger partial charge >= 0.3 is 0 Å². The van der Waals surface area contributed by atoms with Crippen LogP contribution in [0.15, 0.2) is 60.7 Å². The van der Waals surface area contributed by atoms with Crippen molar-refractivity contribution in [2.24, 2.45) is 0 Å². The van der Waals surface area contributed by atoms with Crippen molar-refractivity contribution in [2.75, 3.05) is 36.9 Å². The van der Waals surface area contributed by atoms with E-state index in [0.717, 1.165) is 33.8 Å². The molecular formula is C25H23N3O3. The van der Waals surface area contributed by atoms with Crippen molar-refractivity contribution in [3.63, 3.8) is 0 Å². The first kappa shape index (κ1) is 19.3. The maximum Gasteiger partial charge on any atom is 0.257 e. The van der Waals surface area contributed by atoms with Crippen LogP contribution >= 0.6 is 0 Å². The summed E-state index contributed by atoms with van der Waals surface area (Å²) in [6, 6.07) is 19.2. The number of hydrogen-bond acceptors (Lipinski definition) is 4. The van der Waals surface area contributed by atoms with Gasteiger partial charge in [-0.3, -0.25) is 9.59 Å². The van der Waals surface area contributed by atoms with E-state index in [2.05, 4.69) is 10.6 Å². The summed E-state index contributed by atoms with van der Waals surface area (Å²) in [5.74, 6) is -0.153. The van der Waals surface area contributed by atoms with Crippen LogP contribution in [0.1, 0.15) is 26.3 Å². The molecule has 0 saturated carbocycles. The highest BCUT2D eigenvalue weighted by Gasteiger charge is 2.21. The van der Waals surface area contributed by atoms with Gasteiger partial charge in [0, 0.05) is 18.7 Å². The van der Waals surface area contributed by atoms with Crippen LogP contribution in [0.4, 0.5) is 17.1 Å². The highest BCUT2D eigenvalue weighted by molar-refractivity contribution is 6.12. The van der Waals surface area contributed by atoms with Gasteiger partial charge in [-0.25, -0.2) is 0 Å². The molecule has 1 fully saturated rings. The number of rotatable bonds is 2. The molecule has 2 amide bonds. The lowest BCUT2D eigenvalue weighted by Gasteiger charge is -2.27. The van der Waals surface area contributed by atoms with Crippen LogP contribution in [0.5, 0.6) is 0 Å². The standard InChI is InChI=1S/C25H23N3O3/c1-16-5-7-22-23(13-16)27-24(29)20-15-18(6-8-21(20)26-22)17-3-2-4-19(14-17)25(30)28-9-11-31-12-10-28/h2-8,13-15,26H,9-12H2,1H3,(H,27,29). The molecule has 0 bridgehead atoms. The van der Waals surface area contributed by atoms with Crippen molar-refractivity contribution in [3.05, 3.63) is 77.4 Å². The number of ether oxygens (including phenoxy) is 1. The lowest BCUT2D eigenvalue weighted by atomic mass is 9.99. The maximum absolute atomic E-state index is 12.9. The van der Waals surface area contributed by atoms with Gasteiger partial charge in [0.25, 0.3) is 11.8 Å². The van der Waals surface area contributed by atoms with Gasteiger partial charge in [-0.1, -0.05) is 24.3 Å². The third-order valence-electron chi connectivity index (χ3n) is 5.70. The van der Waals surface area contributed by atoms with E-state index in [1.807, 2.05) is 72.5 Å². The van der Waals surface area contributed by atoms with Crippen molar-refractivity contribution in [3.8, 4) is 11.1 Å². The summed E-state index contributed by atoms with van der Waals surface area (Å²) < 4.78 is 5.34. The van der Waals surface area contributed by atoms with E-state index in [1.165, 1.54) is 0 Å². The molecule has 0 unspecified atom stereocenters. The Hall–Kier alpha value is -3.64. The monoisotopic (exact) mass is 413 g/mol. The molecule has 6 heteroatoms. The first-order valence-electron chi connectivity index (χ1n) is 10.4. The molecule has 2 aliphatic rings. The lowest BCUT2D eigenvalue weighted by Crippen LogP contribution is -2.40. The number of aryl methyl sites for hydroxylation is 1. The van der Waals surface area contributed by atoms with Gasteiger partial charge in [0.1, 0.15) is 0 Å². The maximum atomic E-state index is 12.9. The van der Waals surface area contributed by atoms with Gasteiger partial charge in [-0.15, -0.1) is 0 Å². The van der Waals surface area contributed by atoms with Crippen LogP contribution in [0, 0.1) is 6.92 Å². The quantitative estimate of drug-likeness (QED) is 0.652. The molecule has 2 aliphatic heterocycles. The Labute approximate surface area is 180 Å². The SMILES string of the molecule is Cc1ccc2c(c1)NC(=O)c1cc(-c3cccc(C(=O)N4CCOCC4)c3)ccc1N2. The Balaban J connectivity index is 1.46. The van der Waals surface area contributed by atoms with Gasteiger partial charge in [-0.2, -0.15) is 0 Å². The van der Waals surface area contributed by atoms with Crippen LogP contribution in [0.3, 0.4) is 0 Å². The predicted molar refractivity (Wildman–Crippen MR) is 121 cm³/mol. The summed E-state index contributed by atoms with van der Waals surface area (Å²) in [6.45, 7) is 4.34. The normalized spacial score (nSPS) is 15.3. The summed E-state index contributed by atoms with van der Waals surface area (Å²) >= 11 is 0. The number of morpholine rings is 1. The van der Waals surface area contributed by atoms with Crippen LogP contribution in [0.25, 0.3) is 11.1 Å². The van der Waals surface area contributed by atoms with Crippen molar-refractivity contribution in [1.29, 1.82) is 0 Å². The van der Waals surface area contributed by atoms with Gasteiger partial charge in [0.05, 0.1) is 35.8 Å². The Morgan fingerprint density at radius 2 is 1.65 bits per heavy atom. The molecule has 0 atom stereocenters. The van der Waals surface area contributed by atoms with E-state index < -0.39 is 0 Å². The number of carbonyl (C=O) groups is 2. The second-order valence-electron chi connectivity index (χ2n) is 7.87. The molecule has 0 aromatic heterocycles. The first-order valence-corrected chi connectivity index (χ1v) is 10.4. The molecule has 2 N–H and O–H groups in total. The smallest absolute Gasteiger partial charge is 0.257 e. The molecule has 0 radical (unpaired) electrons. The number of carbonyl (C=O) groups excluding carboxylic acids is 2. The number of amides is 2. The summed E-state index contributed by atoms with van der Waals surface area (Å²) in [7, 11) is 0. The minimum Gasteiger partial charge on any atom is -0.378 e. The molecule has 3 aromatic rings. The third-order valence-corrected chi connectivity index (χ3v) is 5.70. The van der Waals surface area contributed by atoms with Crippen molar-refractivity contribution >= 4 is 28.9 Å². The number of nitrogens with one attached hydrogen (secondary N) is 2. The van der Waals surface area contributed by atoms with E-state index in [0.29, 0.717) is 37.4 Å². The Morgan fingerprint density at radius 1 is 0.871 bits per heavy atom. The van der Waals surface area contributed by atoms with Gasteiger partial charge < -0.3 is 20.3 Å². The number of nitrogens with zero attached hydrogens (tertiary/aromatic N) is 1. The molecule has 5 rings (SSSR count). The van der Waals surface area contributed by atoms with Gasteiger partial charge in [-0.05, 0) is 60.0 Å². The van der Waals surface area contributed by atoms with Crippen molar-refractivity contribution in [1.82, 2.24) is 4.90 Å². The Bertz CT molecular complexity index is 1180. The van der Waals surface area contributed by atoms with E-state index in [-0.39, 0.29) is 11.8 Å². The average molecular weight is 413 g/mol. The van der Waals surface area contributed by atoms with Crippen molar-refractivity contribution < 1.29 is 14.3 Å². The van der Waals surface area contributed by atoms with Crippen LogP contribution in [0.2, 0.25) is 0 Å². The lowest BCUT2D eigenvalue weighted by molar-refractivity contribution is 0.0303. The topological polar surface area (TPSA) is 70.7 Å². The fourth-order valence-electron chi connectivity index (χ4n) is 4.01. The Morgan fingerprint density at radius 3 is 2.48 bits per heavy atom. The number of fused-ring (bicyclic) bond motifs is 2. The summed E-state index contributed by atoms with van der Waals surface area (Å²) in [4.78, 5) is 27.6. The molecule has 0 spiro atoms. The molecule has 31 heavy (non-hydrogen) atoms. The fraction of sp³-hybridized carbons (Fsp3) is 0.200. The predicted octanol–water partition coefficient (Wildman–Crippen LogP) is 4.44. The Kier molecular flexibility index (Phi) is 4.92. The van der Waals surface area contributed by atoms with Crippen LogP contribution in [-0.2, 0) is 4.74 Å². The zero-order valence-electron chi connectivity index (χ0n) is 17.3. The highest BCUT2D eigenvalue weighted by atomic mass is 16.5. The summed E-state index contributed by atoms with van der Waals surface area (Å²) in [5.41, 5.74) is 6.45. The summed E-state index contributed by atoms with van der Waals surface area (Å²) in [6.07, 6.45) is 0.